The largest absolute Gasteiger partial charge is 0.376 e. The fourth-order valence-corrected chi connectivity index (χ4v) is 2.80. The molecular formula is C19H20BrN3O3. The summed E-state index contributed by atoms with van der Waals surface area (Å²) in [6.45, 7) is 3.18. The lowest BCUT2D eigenvalue weighted by molar-refractivity contribution is -0.122. The summed E-state index contributed by atoms with van der Waals surface area (Å²) in [7, 11) is 0. The zero-order valence-electron chi connectivity index (χ0n) is 14.6. The number of carbonyl (C=O) groups excluding carboxylic acids is 3. The van der Waals surface area contributed by atoms with E-state index in [1.807, 2.05) is 19.1 Å². The first-order chi connectivity index (χ1) is 12.4. The van der Waals surface area contributed by atoms with Gasteiger partial charge in [-0.25, -0.2) is 0 Å². The number of anilines is 2. The van der Waals surface area contributed by atoms with Crippen LogP contribution < -0.4 is 16.0 Å². The highest BCUT2D eigenvalue weighted by molar-refractivity contribution is 9.10. The number of benzene rings is 2. The number of hydrogen-bond donors (Lipinski definition) is 3. The summed E-state index contributed by atoms with van der Waals surface area (Å²) < 4.78 is 0.929. The molecule has 136 valence electrons. The molecule has 0 saturated heterocycles. The van der Waals surface area contributed by atoms with Crippen LogP contribution >= 0.6 is 15.9 Å². The summed E-state index contributed by atoms with van der Waals surface area (Å²) in [4.78, 5) is 35.4. The molecule has 0 aliphatic heterocycles. The molecule has 2 amide bonds. The lowest BCUT2D eigenvalue weighted by Crippen LogP contribution is -2.36. The summed E-state index contributed by atoms with van der Waals surface area (Å²) >= 11 is 3.36. The number of carbonyl (C=O) groups is 3. The number of aryl methyl sites for hydroxylation is 1. The van der Waals surface area contributed by atoms with Crippen molar-refractivity contribution in [3.63, 3.8) is 0 Å². The third-order valence-electron chi connectivity index (χ3n) is 3.65. The molecule has 0 fully saturated rings. The standard InChI is InChI=1S/C19H20BrN3O3/c1-12-9-14(20)7-8-16(12)23-19(26)11-22-18(25)10-21-17-6-4-3-5-15(17)13(2)24/h3-9,21H,10-11H2,1-2H3,(H,22,25)(H,23,26). The van der Waals surface area contributed by atoms with E-state index in [-0.39, 0.29) is 30.7 Å². The average molecular weight is 418 g/mol. The van der Waals surface area contributed by atoms with Crippen molar-refractivity contribution in [2.24, 2.45) is 0 Å². The van der Waals surface area contributed by atoms with Gasteiger partial charge in [0.15, 0.2) is 5.78 Å². The average Bonchev–Trinajstić information content (AvgIpc) is 2.60. The Morgan fingerprint density at radius 1 is 0.962 bits per heavy atom. The van der Waals surface area contributed by atoms with Gasteiger partial charge in [0.1, 0.15) is 0 Å². The summed E-state index contributed by atoms with van der Waals surface area (Å²) in [5, 5.41) is 8.21. The molecule has 0 heterocycles. The molecule has 2 rings (SSSR count). The highest BCUT2D eigenvalue weighted by Gasteiger charge is 2.10. The molecule has 26 heavy (non-hydrogen) atoms. The van der Waals surface area contributed by atoms with E-state index in [1.54, 1.807) is 30.3 Å². The summed E-state index contributed by atoms with van der Waals surface area (Å²) in [6.07, 6.45) is 0. The van der Waals surface area contributed by atoms with Gasteiger partial charge in [0.25, 0.3) is 0 Å². The monoisotopic (exact) mass is 417 g/mol. The molecule has 0 aliphatic carbocycles. The SMILES string of the molecule is CC(=O)c1ccccc1NCC(=O)NCC(=O)Nc1ccc(Br)cc1C. The van der Waals surface area contributed by atoms with Gasteiger partial charge in [-0.05, 0) is 49.7 Å². The predicted molar refractivity (Wildman–Crippen MR) is 105 cm³/mol. The maximum absolute atomic E-state index is 12.0. The summed E-state index contributed by atoms with van der Waals surface area (Å²) in [5.41, 5.74) is 2.72. The Morgan fingerprint density at radius 2 is 1.69 bits per heavy atom. The van der Waals surface area contributed by atoms with Crippen molar-refractivity contribution in [1.82, 2.24) is 5.32 Å². The highest BCUT2D eigenvalue weighted by atomic mass is 79.9. The maximum Gasteiger partial charge on any atom is 0.243 e. The van der Waals surface area contributed by atoms with Crippen LogP contribution in [0.2, 0.25) is 0 Å². The molecule has 2 aromatic rings. The Morgan fingerprint density at radius 3 is 2.38 bits per heavy atom. The van der Waals surface area contributed by atoms with Gasteiger partial charge in [-0.2, -0.15) is 0 Å². The first-order valence-electron chi connectivity index (χ1n) is 8.03. The van der Waals surface area contributed by atoms with Crippen LogP contribution in [0.3, 0.4) is 0 Å². The first-order valence-corrected chi connectivity index (χ1v) is 8.82. The van der Waals surface area contributed by atoms with Gasteiger partial charge in [-0.15, -0.1) is 0 Å². The van der Waals surface area contributed by atoms with E-state index >= 15 is 0 Å². The molecule has 0 saturated carbocycles. The van der Waals surface area contributed by atoms with Crippen LogP contribution in [0.15, 0.2) is 46.9 Å². The van der Waals surface area contributed by atoms with Crippen molar-refractivity contribution in [2.45, 2.75) is 13.8 Å². The Balaban J connectivity index is 1.81. The molecule has 0 aromatic heterocycles. The van der Waals surface area contributed by atoms with Gasteiger partial charge in [0.2, 0.25) is 11.8 Å². The number of hydrogen-bond acceptors (Lipinski definition) is 4. The van der Waals surface area contributed by atoms with Crippen LogP contribution in [0, 0.1) is 6.92 Å². The van der Waals surface area contributed by atoms with Crippen LogP contribution in [-0.2, 0) is 9.59 Å². The Hall–Kier alpha value is -2.67. The normalized spacial score (nSPS) is 10.1. The van der Waals surface area contributed by atoms with E-state index < -0.39 is 0 Å². The summed E-state index contributed by atoms with van der Waals surface area (Å²) in [6, 6.07) is 12.5. The van der Waals surface area contributed by atoms with Crippen LogP contribution in [0.5, 0.6) is 0 Å². The molecular weight excluding hydrogens is 398 g/mol. The van der Waals surface area contributed by atoms with E-state index in [0.29, 0.717) is 16.9 Å². The van der Waals surface area contributed by atoms with Gasteiger partial charge in [0, 0.05) is 21.4 Å². The highest BCUT2D eigenvalue weighted by Crippen LogP contribution is 2.19. The van der Waals surface area contributed by atoms with Crippen molar-refractivity contribution >= 4 is 44.9 Å². The van der Waals surface area contributed by atoms with E-state index in [2.05, 4.69) is 31.9 Å². The lowest BCUT2D eigenvalue weighted by Gasteiger charge is -2.11. The number of nitrogens with one attached hydrogen (secondary N) is 3. The zero-order valence-corrected chi connectivity index (χ0v) is 16.1. The molecule has 0 spiro atoms. The second-order valence-electron chi connectivity index (χ2n) is 5.74. The number of Topliss-reactive ketones (excluding diaryl/α,β-unsaturated/α-hetero) is 1. The van der Waals surface area contributed by atoms with Crippen LogP contribution in [0.25, 0.3) is 0 Å². The second kappa shape index (κ2) is 9.15. The Labute approximate surface area is 160 Å². The zero-order chi connectivity index (χ0) is 19.1. The lowest BCUT2D eigenvalue weighted by atomic mass is 10.1. The molecule has 2 aromatic carbocycles. The van der Waals surface area contributed by atoms with E-state index in [9.17, 15) is 14.4 Å². The third kappa shape index (κ3) is 5.70. The Bertz CT molecular complexity index is 837. The fourth-order valence-electron chi connectivity index (χ4n) is 2.32. The minimum atomic E-state index is -0.342. The Kier molecular flexibility index (Phi) is 6.91. The van der Waals surface area contributed by atoms with Crippen molar-refractivity contribution in [2.75, 3.05) is 23.7 Å². The summed E-state index contributed by atoms with van der Waals surface area (Å²) in [5.74, 6) is -0.739. The minimum absolute atomic E-state index is 0.0329. The number of amides is 2. The van der Waals surface area contributed by atoms with E-state index in [0.717, 1.165) is 10.0 Å². The number of ketones is 1. The molecule has 0 aliphatic rings. The van der Waals surface area contributed by atoms with Gasteiger partial charge >= 0.3 is 0 Å². The first kappa shape index (κ1) is 19.7. The van der Waals surface area contributed by atoms with Crippen molar-refractivity contribution in [3.8, 4) is 0 Å². The molecule has 0 bridgehead atoms. The quantitative estimate of drug-likeness (QED) is 0.603. The molecule has 7 heteroatoms. The van der Waals surface area contributed by atoms with Crippen LogP contribution in [0.1, 0.15) is 22.8 Å². The molecule has 0 unspecified atom stereocenters. The maximum atomic E-state index is 12.0. The third-order valence-corrected chi connectivity index (χ3v) is 4.15. The van der Waals surface area contributed by atoms with Crippen molar-refractivity contribution in [1.29, 1.82) is 0 Å². The predicted octanol–water partition coefficient (Wildman–Crippen LogP) is 3.13. The molecule has 0 atom stereocenters. The smallest absolute Gasteiger partial charge is 0.243 e. The van der Waals surface area contributed by atoms with Gasteiger partial charge in [0.05, 0.1) is 13.1 Å². The fraction of sp³-hybridized carbons (Fsp3) is 0.211. The van der Waals surface area contributed by atoms with Crippen molar-refractivity contribution < 1.29 is 14.4 Å². The second-order valence-corrected chi connectivity index (χ2v) is 6.66. The van der Waals surface area contributed by atoms with Crippen LogP contribution in [-0.4, -0.2) is 30.7 Å². The van der Waals surface area contributed by atoms with Gasteiger partial charge in [-0.1, -0.05) is 28.1 Å². The molecule has 0 radical (unpaired) electrons. The number of rotatable bonds is 7. The molecule has 3 N–H and O–H groups in total. The van der Waals surface area contributed by atoms with E-state index in [1.165, 1.54) is 6.92 Å². The van der Waals surface area contributed by atoms with Crippen LogP contribution in [0.4, 0.5) is 11.4 Å². The van der Waals surface area contributed by atoms with Gasteiger partial charge < -0.3 is 16.0 Å². The molecule has 6 nitrogen and oxygen atoms in total. The van der Waals surface area contributed by atoms with E-state index in [4.69, 9.17) is 0 Å². The number of halogens is 1. The van der Waals surface area contributed by atoms with Gasteiger partial charge in [-0.3, -0.25) is 14.4 Å². The topological polar surface area (TPSA) is 87.3 Å². The van der Waals surface area contributed by atoms with Crippen molar-refractivity contribution in [3.05, 3.63) is 58.1 Å². The minimum Gasteiger partial charge on any atom is -0.376 e. The number of para-hydroxylation sites is 1.